The molecule has 0 aromatic carbocycles. The molecule has 1 aliphatic rings. The van der Waals surface area contributed by atoms with Crippen LogP contribution < -0.4 is 10.5 Å². The first-order valence-electron chi connectivity index (χ1n) is 6.17. The molecular weight excluding hydrogens is 357 g/mol. The highest BCUT2D eigenvalue weighted by Crippen LogP contribution is 2.25. The number of hydrogen-bond donors (Lipinski definition) is 2. The average molecular weight is 374 g/mol. The second-order valence-electron chi connectivity index (χ2n) is 4.63. The Labute approximate surface area is 139 Å². The fraction of sp³-hybridized carbons (Fsp3) is 0.545. The van der Waals surface area contributed by atoms with Crippen molar-refractivity contribution < 1.29 is 13.2 Å². The molecule has 0 aliphatic carbocycles. The Morgan fingerprint density at radius 1 is 1.52 bits per heavy atom. The lowest BCUT2D eigenvalue weighted by Gasteiger charge is -2.30. The van der Waals surface area contributed by atoms with E-state index in [4.69, 9.17) is 17.3 Å². The molecular formula is C11H17Cl2N3O3S2. The van der Waals surface area contributed by atoms with Gasteiger partial charge in [-0.2, -0.15) is 0 Å². The van der Waals surface area contributed by atoms with Gasteiger partial charge >= 0.3 is 0 Å². The summed E-state index contributed by atoms with van der Waals surface area (Å²) >= 11 is 6.66. The second-order valence-corrected chi connectivity index (χ2v) is 8.33. The first-order chi connectivity index (χ1) is 9.38. The summed E-state index contributed by atoms with van der Waals surface area (Å²) in [6.07, 6.45) is 1.74. The van der Waals surface area contributed by atoms with Crippen molar-refractivity contribution in [3.05, 3.63) is 16.5 Å². The molecule has 1 atom stereocenters. The molecule has 3 N–H and O–H groups in total. The van der Waals surface area contributed by atoms with Crippen molar-refractivity contribution in [2.24, 2.45) is 5.73 Å². The van der Waals surface area contributed by atoms with E-state index in [1.54, 1.807) is 4.90 Å². The van der Waals surface area contributed by atoms with Gasteiger partial charge in [0.15, 0.2) is 0 Å². The number of piperidine rings is 1. The van der Waals surface area contributed by atoms with Crippen molar-refractivity contribution >= 4 is 51.3 Å². The normalized spacial score (nSPS) is 19.1. The minimum Gasteiger partial charge on any atom is -0.340 e. The Morgan fingerprint density at radius 3 is 2.81 bits per heavy atom. The molecule has 10 heteroatoms. The standard InChI is InChI=1S/C11H16ClN3O3S2.ClH/c12-9-3-4-11(19-9)20(17,18)14-6-10(16)15-5-1-2-8(13)7-15;/h3-4,8,14H,1-2,5-7,13H2;1H. The van der Waals surface area contributed by atoms with Crippen LogP contribution in [0.2, 0.25) is 4.34 Å². The van der Waals surface area contributed by atoms with E-state index in [1.807, 2.05) is 0 Å². The molecule has 0 saturated carbocycles. The maximum absolute atomic E-state index is 11.9. The summed E-state index contributed by atoms with van der Waals surface area (Å²) in [5, 5.41) is 0. The number of sulfonamides is 1. The summed E-state index contributed by atoms with van der Waals surface area (Å²) in [6.45, 7) is 0.842. The first-order valence-corrected chi connectivity index (χ1v) is 8.84. The van der Waals surface area contributed by atoms with Gasteiger partial charge in [0.05, 0.1) is 10.9 Å². The smallest absolute Gasteiger partial charge is 0.250 e. The van der Waals surface area contributed by atoms with Crippen LogP contribution in [0.3, 0.4) is 0 Å². The Kier molecular flexibility index (Phi) is 6.89. The molecule has 1 aromatic rings. The van der Waals surface area contributed by atoms with Crippen LogP contribution in [0.1, 0.15) is 12.8 Å². The minimum atomic E-state index is -3.68. The van der Waals surface area contributed by atoms with Crippen LogP contribution in [0.15, 0.2) is 16.3 Å². The van der Waals surface area contributed by atoms with E-state index in [1.165, 1.54) is 12.1 Å². The van der Waals surface area contributed by atoms with Gasteiger partial charge in [-0.25, -0.2) is 13.1 Å². The lowest BCUT2D eigenvalue weighted by molar-refractivity contribution is -0.131. The van der Waals surface area contributed by atoms with E-state index in [2.05, 4.69) is 4.72 Å². The van der Waals surface area contributed by atoms with Crippen molar-refractivity contribution in [1.29, 1.82) is 0 Å². The van der Waals surface area contributed by atoms with Gasteiger partial charge < -0.3 is 10.6 Å². The summed E-state index contributed by atoms with van der Waals surface area (Å²) in [4.78, 5) is 13.5. The van der Waals surface area contributed by atoms with Crippen LogP contribution in [0.5, 0.6) is 0 Å². The number of carbonyl (C=O) groups is 1. The van der Waals surface area contributed by atoms with Gasteiger partial charge in [-0.05, 0) is 25.0 Å². The van der Waals surface area contributed by atoms with Crippen molar-refractivity contribution in [3.8, 4) is 0 Å². The quantitative estimate of drug-likeness (QED) is 0.824. The molecule has 1 saturated heterocycles. The van der Waals surface area contributed by atoms with Crippen LogP contribution in [-0.4, -0.2) is 44.9 Å². The molecule has 1 fully saturated rings. The van der Waals surface area contributed by atoms with E-state index in [0.717, 1.165) is 24.2 Å². The van der Waals surface area contributed by atoms with Gasteiger partial charge in [0.25, 0.3) is 10.0 Å². The Bertz CT molecular complexity index is 591. The molecule has 2 heterocycles. The van der Waals surface area contributed by atoms with Crippen LogP contribution in [0.25, 0.3) is 0 Å². The number of likely N-dealkylation sites (tertiary alicyclic amines) is 1. The summed E-state index contributed by atoms with van der Waals surface area (Å²) < 4.78 is 26.7. The highest BCUT2D eigenvalue weighted by Gasteiger charge is 2.23. The average Bonchev–Trinajstić information content (AvgIpc) is 2.83. The topological polar surface area (TPSA) is 92.5 Å². The Hall–Kier alpha value is -0.380. The summed E-state index contributed by atoms with van der Waals surface area (Å²) in [5.74, 6) is -0.258. The monoisotopic (exact) mass is 373 g/mol. The van der Waals surface area contributed by atoms with Crippen LogP contribution >= 0.6 is 35.3 Å². The zero-order valence-electron chi connectivity index (χ0n) is 11.1. The van der Waals surface area contributed by atoms with E-state index >= 15 is 0 Å². The number of halogens is 2. The first kappa shape index (κ1) is 18.7. The van der Waals surface area contributed by atoms with Crippen LogP contribution in [0, 0.1) is 0 Å². The molecule has 0 radical (unpaired) electrons. The lowest BCUT2D eigenvalue weighted by Crippen LogP contribution is -2.48. The summed E-state index contributed by atoms with van der Waals surface area (Å²) in [7, 11) is -3.68. The van der Waals surface area contributed by atoms with Gasteiger partial charge in [0.2, 0.25) is 5.91 Å². The van der Waals surface area contributed by atoms with E-state index in [-0.39, 0.29) is 35.1 Å². The number of nitrogens with zero attached hydrogens (tertiary/aromatic N) is 1. The molecule has 0 spiro atoms. The third-order valence-corrected chi connectivity index (χ3v) is 6.16. The van der Waals surface area contributed by atoms with Gasteiger partial charge in [0, 0.05) is 19.1 Å². The van der Waals surface area contributed by atoms with E-state index < -0.39 is 10.0 Å². The minimum absolute atomic E-state index is 0. The molecule has 21 heavy (non-hydrogen) atoms. The second kappa shape index (κ2) is 7.75. The number of thiophene rings is 1. The van der Waals surface area contributed by atoms with Gasteiger partial charge in [-0.1, -0.05) is 11.6 Å². The largest absolute Gasteiger partial charge is 0.340 e. The van der Waals surface area contributed by atoms with Crippen LogP contribution in [-0.2, 0) is 14.8 Å². The predicted octanol–water partition coefficient (Wildman–Crippen LogP) is 1.05. The van der Waals surface area contributed by atoms with E-state index in [0.29, 0.717) is 17.4 Å². The SMILES string of the molecule is Cl.NC1CCCN(C(=O)CNS(=O)(=O)c2ccc(Cl)s2)C1. The Balaban J connectivity index is 0.00000220. The third kappa shape index (κ3) is 5.08. The third-order valence-electron chi connectivity index (χ3n) is 3.04. The zero-order valence-corrected chi connectivity index (χ0v) is 14.3. The molecule has 1 aromatic heterocycles. The zero-order chi connectivity index (χ0) is 14.8. The van der Waals surface area contributed by atoms with Gasteiger partial charge in [-0.15, -0.1) is 23.7 Å². The van der Waals surface area contributed by atoms with Gasteiger partial charge in [-0.3, -0.25) is 4.79 Å². The van der Waals surface area contributed by atoms with Gasteiger partial charge in [0.1, 0.15) is 4.21 Å². The lowest BCUT2D eigenvalue weighted by atomic mass is 10.1. The summed E-state index contributed by atoms with van der Waals surface area (Å²) in [6, 6.07) is 2.89. The van der Waals surface area contributed by atoms with E-state index in [9.17, 15) is 13.2 Å². The van der Waals surface area contributed by atoms with Crippen molar-refractivity contribution in [2.45, 2.75) is 23.1 Å². The maximum Gasteiger partial charge on any atom is 0.250 e. The number of amides is 1. The van der Waals surface area contributed by atoms with Crippen LogP contribution in [0.4, 0.5) is 0 Å². The number of nitrogens with one attached hydrogen (secondary N) is 1. The van der Waals surface area contributed by atoms with Crippen molar-refractivity contribution in [1.82, 2.24) is 9.62 Å². The molecule has 2 rings (SSSR count). The highest BCUT2D eigenvalue weighted by molar-refractivity contribution is 7.91. The molecule has 1 unspecified atom stereocenters. The number of nitrogens with two attached hydrogens (primary N) is 1. The number of carbonyl (C=O) groups excluding carboxylic acids is 1. The molecule has 1 aliphatic heterocycles. The fourth-order valence-electron chi connectivity index (χ4n) is 2.02. The summed E-state index contributed by atoms with van der Waals surface area (Å²) in [5.41, 5.74) is 5.79. The molecule has 0 bridgehead atoms. The number of rotatable bonds is 4. The van der Waals surface area contributed by atoms with Crippen molar-refractivity contribution in [3.63, 3.8) is 0 Å². The number of hydrogen-bond acceptors (Lipinski definition) is 5. The maximum atomic E-state index is 11.9. The Morgan fingerprint density at radius 2 is 2.24 bits per heavy atom. The highest BCUT2D eigenvalue weighted by atomic mass is 35.5. The van der Waals surface area contributed by atoms with Crippen molar-refractivity contribution in [2.75, 3.05) is 19.6 Å². The predicted molar refractivity (Wildman–Crippen MR) is 85.6 cm³/mol. The molecule has 1 amide bonds. The molecule has 120 valence electrons. The molecule has 6 nitrogen and oxygen atoms in total. The fourth-order valence-corrected chi connectivity index (χ4v) is 4.52.